The number of fused-ring (bicyclic) bond motifs is 2. The minimum Gasteiger partial charge on any atom is -0.375 e. The fourth-order valence-electron chi connectivity index (χ4n) is 2.93. The first-order valence-corrected chi connectivity index (χ1v) is 6.76. The number of hydrogen-bond acceptors (Lipinski definition) is 4. The molecule has 1 atom stereocenters. The molecule has 4 rings (SSSR count). The molecule has 1 aliphatic rings. The Labute approximate surface area is 116 Å². The summed E-state index contributed by atoms with van der Waals surface area (Å²) < 4.78 is 2.04. The van der Waals surface area contributed by atoms with Gasteiger partial charge >= 0.3 is 0 Å². The fourth-order valence-corrected chi connectivity index (χ4v) is 2.93. The first kappa shape index (κ1) is 11.4. The monoisotopic (exact) mass is 265 g/mol. The Morgan fingerprint density at radius 1 is 1.20 bits per heavy atom. The number of benzene rings is 1. The Morgan fingerprint density at radius 3 is 2.90 bits per heavy atom. The predicted molar refractivity (Wildman–Crippen MR) is 76.8 cm³/mol. The molecule has 2 aromatic heterocycles. The van der Waals surface area contributed by atoms with E-state index in [0.29, 0.717) is 5.78 Å². The maximum Gasteiger partial charge on any atom is 0.255 e. The Balaban J connectivity index is 1.82. The lowest BCUT2D eigenvalue weighted by Gasteiger charge is -2.11. The topological polar surface area (TPSA) is 55.1 Å². The maximum absolute atomic E-state index is 4.44. The van der Waals surface area contributed by atoms with Gasteiger partial charge in [-0.25, -0.2) is 4.98 Å². The lowest BCUT2D eigenvalue weighted by atomic mass is 10.1. The second-order valence-electron chi connectivity index (χ2n) is 5.29. The number of aryl methyl sites for hydroxylation is 2. The summed E-state index contributed by atoms with van der Waals surface area (Å²) in [4.78, 5) is 4.44. The van der Waals surface area contributed by atoms with Gasteiger partial charge in [-0.15, -0.1) is 10.2 Å². The fraction of sp³-hybridized carbons (Fsp3) is 0.267. The van der Waals surface area contributed by atoms with E-state index in [1.807, 2.05) is 17.4 Å². The van der Waals surface area contributed by atoms with Crippen molar-refractivity contribution in [2.75, 3.05) is 5.32 Å². The van der Waals surface area contributed by atoms with Crippen LogP contribution in [-0.4, -0.2) is 19.6 Å². The minimum atomic E-state index is 0.158. The molecular formula is C15H15N5. The van der Waals surface area contributed by atoms with Gasteiger partial charge in [0.2, 0.25) is 0 Å². The van der Waals surface area contributed by atoms with Crippen LogP contribution in [0.3, 0.4) is 0 Å². The van der Waals surface area contributed by atoms with Gasteiger partial charge in [0.05, 0.1) is 6.04 Å². The molecule has 1 aromatic carbocycles. The molecule has 0 saturated carbocycles. The van der Waals surface area contributed by atoms with Gasteiger partial charge in [-0.3, -0.25) is 4.40 Å². The van der Waals surface area contributed by atoms with Crippen molar-refractivity contribution in [3.63, 3.8) is 0 Å². The molecule has 0 saturated heterocycles. The third-order valence-electron chi connectivity index (χ3n) is 3.80. The number of nitrogens with zero attached hydrogens (tertiary/aromatic N) is 4. The van der Waals surface area contributed by atoms with Crippen LogP contribution >= 0.6 is 0 Å². The van der Waals surface area contributed by atoms with E-state index in [0.717, 1.165) is 23.6 Å². The Kier molecular flexibility index (Phi) is 2.30. The smallest absolute Gasteiger partial charge is 0.255 e. The minimum absolute atomic E-state index is 0.158. The molecule has 20 heavy (non-hydrogen) atoms. The van der Waals surface area contributed by atoms with E-state index < -0.39 is 0 Å². The Bertz CT molecular complexity index is 780. The summed E-state index contributed by atoms with van der Waals surface area (Å²) in [7, 11) is 0. The van der Waals surface area contributed by atoms with Crippen molar-refractivity contribution in [3.8, 4) is 0 Å². The molecule has 5 nitrogen and oxygen atoms in total. The number of nitrogens with one attached hydrogen (secondary N) is 1. The van der Waals surface area contributed by atoms with Gasteiger partial charge in [0.25, 0.3) is 5.78 Å². The summed E-state index contributed by atoms with van der Waals surface area (Å²) in [5.41, 5.74) is 4.60. The van der Waals surface area contributed by atoms with Gasteiger partial charge in [0, 0.05) is 23.5 Å². The number of anilines is 1. The van der Waals surface area contributed by atoms with Crippen molar-refractivity contribution in [2.24, 2.45) is 0 Å². The molecule has 100 valence electrons. The Hall–Kier alpha value is -2.43. The zero-order valence-corrected chi connectivity index (χ0v) is 11.5. The van der Waals surface area contributed by atoms with Crippen LogP contribution in [0.15, 0.2) is 30.3 Å². The highest BCUT2D eigenvalue weighted by atomic mass is 15.3. The summed E-state index contributed by atoms with van der Waals surface area (Å²) >= 11 is 0. The summed E-state index contributed by atoms with van der Waals surface area (Å²) in [6.45, 7) is 4.04. The molecule has 0 fully saturated rings. The normalized spacial score (nSPS) is 17.2. The third kappa shape index (κ3) is 1.59. The number of hydrogen-bond donors (Lipinski definition) is 1. The predicted octanol–water partition coefficient (Wildman–Crippen LogP) is 2.45. The average Bonchev–Trinajstić information content (AvgIpc) is 3.00. The molecule has 3 heterocycles. The van der Waals surface area contributed by atoms with Crippen LogP contribution in [0, 0.1) is 13.8 Å². The van der Waals surface area contributed by atoms with Crippen LogP contribution in [0.4, 0.5) is 5.69 Å². The summed E-state index contributed by atoms with van der Waals surface area (Å²) in [6.07, 6.45) is 0.935. The maximum atomic E-state index is 4.44. The molecule has 0 spiro atoms. The van der Waals surface area contributed by atoms with Crippen molar-refractivity contribution >= 4 is 11.5 Å². The van der Waals surface area contributed by atoms with Crippen LogP contribution in [-0.2, 0) is 6.42 Å². The van der Waals surface area contributed by atoms with E-state index in [-0.39, 0.29) is 6.04 Å². The van der Waals surface area contributed by atoms with Crippen molar-refractivity contribution in [1.82, 2.24) is 19.6 Å². The third-order valence-corrected chi connectivity index (χ3v) is 3.80. The molecular weight excluding hydrogens is 250 g/mol. The lowest BCUT2D eigenvalue weighted by molar-refractivity contribution is 0.727. The van der Waals surface area contributed by atoms with E-state index in [2.05, 4.69) is 51.7 Å². The lowest BCUT2D eigenvalue weighted by Crippen LogP contribution is -2.12. The number of aromatic nitrogens is 4. The van der Waals surface area contributed by atoms with Crippen molar-refractivity contribution in [1.29, 1.82) is 0 Å². The first-order valence-electron chi connectivity index (χ1n) is 6.76. The SMILES string of the molecule is Cc1cc(C)n2c(C3Cc4ccccc4N3)nnc2n1. The van der Waals surface area contributed by atoms with Crippen LogP contribution in [0.5, 0.6) is 0 Å². The molecule has 1 N–H and O–H groups in total. The van der Waals surface area contributed by atoms with Crippen LogP contribution in [0.25, 0.3) is 5.78 Å². The van der Waals surface area contributed by atoms with Gasteiger partial charge in [-0.1, -0.05) is 18.2 Å². The van der Waals surface area contributed by atoms with Gasteiger partial charge in [-0.05, 0) is 31.5 Å². The Morgan fingerprint density at radius 2 is 2.05 bits per heavy atom. The molecule has 1 aliphatic heterocycles. The number of rotatable bonds is 1. The highest BCUT2D eigenvalue weighted by Crippen LogP contribution is 2.33. The highest BCUT2D eigenvalue weighted by molar-refractivity contribution is 5.57. The molecule has 1 unspecified atom stereocenters. The average molecular weight is 265 g/mol. The van der Waals surface area contributed by atoms with Crippen molar-refractivity contribution in [2.45, 2.75) is 26.3 Å². The highest BCUT2D eigenvalue weighted by Gasteiger charge is 2.26. The quantitative estimate of drug-likeness (QED) is 0.734. The van der Waals surface area contributed by atoms with E-state index in [9.17, 15) is 0 Å². The van der Waals surface area contributed by atoms with Crippen LogP contribution < -0.4 is 5.32 Å². The second kappa shape index (κ2) is 4.03. The van der Waals surface area contributed by atoms with Gasteiger partial charge in [0.1, 0.15) is 0 Å². The van der Waals surface area contributed by atoms with E-state index in [4.69, 9.17) is 0 Å². The molecule has 0 amide bonds. The largest absolute Gasteiger partial charge is 0.375 e. The standard InChI is InChI=1S/C15H15N5/c1-9-7-10(2)20-14(18-19-15(20)16-9)13-8-11-5-3-4-6-12(11)17-13/h3-7,13,17H,8H2,1-2H3. The van der Waals surface area contributed by atoms with Crippen molar-refractivity contribution < 1.29 is 0 Å². The van der Waals surface area contributed by atoms with Gasteiger partial charge in [-0.2, -0.15) is 0 Å². The molecule has 0 aliphatic carbocycles. The van der Waals surface area contributed by atoms with E-state index in [1.165, 1.54) is 11.3 Å². The van der Waals surface area contributed by atoms with Gasteiger partial charge < -0.3 is 5.32 Å². The van der Waals surface area contributed by atoms with Crippen molar-refractivity contribution in [3.05, 3.63) is 53.1 Å². The zero-order valence-electron chi connectivity index (χ0n) is 11.5. The summed E-state index contributed by atoms with van der Waals surface area (Å²) in [5.74, 6) is 1.61. The second-order valence-corrected chi connectivity index (χ2v) is 5.29. The van der Waals surface area contributed by atoms with Gasteiger partial charge in [0.15, 0.2) is 5.82 Å². The zero-order chi connectivity index (χ0) is 13.7. The molecule has 0 bridgehead atoms. The van der Waals surface area contributed by atoms with E-state index in [1.54, 1.807) is 0 Å². The summed E-state index contributed by atoms with van der Waals surface area (Å²) in [6, 6.07) is 10.6. The number of para-hydroxylation sites is 1. The molecule has 3 aromatic rings. The molecule has 0 radical (unpaired) electrons. The first-order chi connectivity index (χ1) is 9.72. The van der Waals surface area contributed by atoms with Crippen LogP contribution in [0.1, 0.15) is 28.8 Å². The molecule has 5 heteroatoms. The van der Waals surface area contributed by atoms with E-state index >= 15 is 0 Å². The summed E-state index contributed by atoms with van der Waals surface area (Å²) in [5, 5.41) is 12.1. The van der Waals surface area contributed by atoms with Crippen LogP contribution in [0.2, 0.25) is 0 Å².